The van der Waals surface area contributed by atoms with Crippen molar-refractivity contribution in [3.63, 3.8) is 0 Å². The zero-order chi connectivity index (χ0) is 19.3. The zero-order valence-electron chi connectivity index (χ0n) is 14.7. The topological polar surface area (TPSA) is 89.0 Å². The van der Waals surface area contributed by atoms with E-state index in [1.54, 1.807) is 18.2 Å². The molecule has 0 saturated heterocycles. The molecule has 1 aromatic heterocycles. The van der Waals surface area contributed by atoms with Crippen LogP contribution in [-0.2, 0) is 10.5 Å². The van der Waals surface area contributed by atoms with E-state index >= 15 is 0 Å². The van der Waals surface area contributed by atoms with Crippen LogP contribution in [0.3, 0.4) is 0 Å². The van der Waals surface area contributed by atoms with E-state index in [4.69, 9.17) is 16.3 Å². The number of aromatic nitrogens is 3. The number of para-hydroxylation sites is 1. The lowest BCUT2D eigenvalue weighted by Gasteiger charge is -2.28. The van der Waals surface area contributed by atoms with Crippen LogP contribution in [0.5, 0.6) is 5.88 Å². The van der Waals surface area contributed by atoms with Crippen LogP contribution in [0.4, 0.5) is 11.4 Å². The van der Waals surface area contributed by atoms with Crippen LogP contribution < -0.4 is 15.4 Å². The number of nitrogens with zero attached hydrogens (tertiary/aromatic N) is 3. The second-order valence-electron chi connectivity index (χ2n) is 6.28. The van der Waals surface area contributed by atoms with Gasteiger partial charge in [-0.3, -0.25) is 4.79 Å². The standard InChI is InChI=1S/C19H14ClN5O2S/c1-2-28-18-22-16-15(24-25-18)11-5-3-4-6-13(11)23-19(27-16)12-9-10(20)7-8-14(12)21-17(19)26/h3-9,23H,2H2,1H3,(H,21,26)/t19-/m1/s1. The number of fused-ring (bicyclic) bond motifs is 5. The summed E-state index contributed by atoms with van der Waals surface area (Å²) in [7, 11) is 0. The molecule has 1 spiro atoms. The number of hydrogen-bond acceptors (Lipinski definition) is 7. The molecule has 0 aliphatic carbocycles. The number of carbonyl (C=O) groups is 1. The van der Waals surface area contributed by atoms with Crippen LogP contribution in [-0.4, -0.2) is 26.8 Å². The fraction of sp³-hybridized carbons (Fsp3) is 0.158. The fourth-order valence-electron chi connectivity index (χ4n) is 3.36. The van der Waals surface area contributed by atoms with Crippen molar-refractivity contribution in [3.05, 3.63) is 53.1 Å². The van der Waals surface area contributed by atoms with Gasteiger partial charge in [-0.2, -0.15) is 4.98 Å². The number of hydrogen-bond donors (Lipinski definition) is 2. The maximum absolute atomic E-state index is 13.1. The minimum Gasteiger partial charge on any atom is -0.435 e. The number of nitrogens with one attached hydrogen (secondary N) is 2. The molecule has 3 heterocycles. The van der Waals surface area contributed by atoms with Gasteiger partial charge in [0, 0.05) is 16.3 Å². The van der Waals surface area contributed by atoms with Crippen LogP contribution in [0, 0.1) is 0 Å². The van der Waals surface area contributed by atoms with Crippen LogP contribution in [0.25, 0.3) is 11.3 Å². The lowest BCUT2D eigenvalue weighted by Crippen LogP contribution is -2.47. The summed E-state index contributed by atoms with van der Waals surface area (Å²) in [4.78, 5) is 17.6. The molecular weight excluding hydrogens is 398 g/mol. The Morgan fingerprint density at radius 1 is 1.18 bits per heavy atom. The third-order valence-electron chi connectivity index (χ3n) is 4.58. The Morgan fingerprint density at radius 3 is 2.89 bits per heavy atom. The zero-order valence-corrected chi connectivity index (χ0v) is 16.3. The maximum Gasteiger partial charge on any atom is 0.295 e. The third-order valence-corrected chi connectivity index (χ3v) is 5.54. The molecule has 5 rings (SSSR count). The van der Waals surface area contributed by atoms with Crippen LogP contribution >= 0.6 is 23.4 Å². The quantitative estimate of drug-likeness (QED) is 0.618. The van der Waals surface area contributed by atoms with Gasteiger partial charge in [-0.15, -0.1) is 10.2 Å². The number of rotatable bonds is 2. The molecule has 0 saturated carbocycles. The van der Waals surface area contributed by atoms with Gasteiger partial charge < -0.3 is 15.4 Å². The highest BCUT2D eigenvalue weighted by Crippen LogP contribution is 2.47. The number of ether oxygens (including phenoxy) is 1. The van der Waals surface area contributed by atoms with Gasteiger partial charge in [-0.25, -0.2) is 0 Å². The molecule has 9 heteroatoms. The second kappa shape index (κ2) is 6.35. The van der Waals surface area contributed by atoms with Gasteiger partial charge in [0.15, 0.2) is 5.69 Å². The summed E-state index contributed by atoms with van der Waals surface area (Å²) in [5, 5.41) is 15.6. The van der Waals surface area contributed by atoms with Crippen molar-refractivity contribution in [3.8, 4) is 17.1 Å². The Hall–Kier alpha value is -2.84. The predicted octanol–water partition coefficient (Wildman–Crippen LogP) is 3.91. The van der Waals surface area contributed by atoms with Gasteiger partial charge in [0.1, 0.15) is 0 Å². The highest BCUT2D eigenvalue weighted by atomic mass is 35.5. The van der Waals surface area contributed by atoms with E-state index in [-0.39, 0.29) is 11.8 Å². The largest absolute Gasteiger partial charge is 0.435 e. The van der Waals surface area contributed by atoms with Gasteiger partial charge in [-0.05, 0) is 30.0 Å². The molecule has 0 unspecified atom stereocenters. The minimum absolute atomic E-state index is 0.242. The van der Waals surface area contributed by atoms with E-state index < -0.39 is 5.72 Å². The second-order valence-corrected chi connectivity index (χ2v) is 7.95. The summed E-state index contributed by atoms with van der Waals surface area (Å²) in [5.74, 6) is 0.682. The molecular formula is C19H14ClN5O2S. The number of carbonyl (C=O) groups excluding carboxylic acids is 1. The molecule has 0 bridgehead atoms. The molecule has 2 aromatic carbocycles. The third kappa shape index (κ3) is 2.52. The smallest absolute Gasteiger partial charge is 0.295 e. The van der Waals surface area contributed by atoms with Crippen molar-refractivity contribution in [2.45, 2.75) is 17.8 Å². The van der Waals surface area contributed by atoms with Crippen molar-refractivity contribution in [2.24, 2.45) is 0 Å². The average Bonchev–Trinajstić information content (AvgIpc) is 2.85. The average molecular weight is 412 g/mol. The molecule has 3 aromatic rings. The van der Waals surface area contributed by atoms with Gasteiger partial charge in [0.25, 0.3) is 11.6 Å². The van der Waals surface area contributed by atoms with E-state index in [1.165, 1.54) is 11.8 Å². The van der Waals surface area contributed by atoms with Gasteiger partial charge in [0.2, 0.25) is 11.0 Å². The highest BCUT2D eigenvalue weighted by molar-refractivity contribution is 7.99. The van der Waals surface area contributed by atoms with Gasteiger partial charge in [-0.1, -0.05) is 48.5 Å². The predicted molar refractivity (Wildman–Crippen MR) is 108 cm³/mol. The van der Waals surface area contributed by atoms with E-state index in [9.17, 15) is 4.79 Å². The highest BCUT2D eigenvalue weighted by Gasteiger charge is 2.52. The van der Waals surface area contributed by atoms with Crippen LogP contribution in [0.15, 0.2) is 47.6 Å². The summed E-state index contributed by atoms with van der Waals surface area (Å²) in [6.07, 6.45) is 0. The van der Waals surface area contributed by atoms with Crippen molar-refractivity contribution >= 4 is 40.6 Å². The van der Waals surface area contributed by atoms with E-state index in [0.29, 0.717) is 32.8 Å². The van der Waals surface area contributed by atoms with Crippen LogP contribution in [0.2, 0.25) is 5.02 Å². The Bertz CT molecular complexity index is 1130. The number of anilines is 2. The summed E-state index contributed by atoms with van der Waals surface area (Å²) in [5.41, 5.74) is 1.64. The number of amides is 1. The normalized spacial score (nSPS) is 19.0. The molecule has 2 aliphatic heterocycles. The molecule has 0 radical (unpaired) electrons. The summed E-state index contributed by atoms with van der Waals surface area (Å²) in [6.45, 7) is 2.00. The van der Waals surface area contributed by atoms with Crippen molar-refractivity contribution in [2.75, 3.05) is 16.4 Å². The molecule has 1 amide bonds. The molecule has 0 fully saturated rings. The monoisotopic (exact) mass is 411 g/mol. The first kappa shape index (κ1) is 17.3. The van der Waals surface area contributed by atoms with Crippen molar-refractivity contribution in [1.29, 1.82) is 0 Å². The molecule has 7 nitrogen and oxygen atoms in total. The summed E-state index contributed by atoms with van der Waals surface area (Å²) >= 11 is 7.67. The number of thioether (sulfide) groups is 1. The first-order valence-corrected chi connectivity index (χ1v) is 10.0. The lowest BCUT2D eigenvalue weighted by molar-refractivity contribution is -0.128. The first-order chi connectivity index (χ1) is 13.6. The molecule has 140 valence electrons. The van der Waals surface area contributed by atoms with Crippen molar-refractivity contribution < 1.29 is 9.53 Å². The number of benzene rings is 2. The molecule has 1 atom stereocenters. The Kier molecular flexibility index (Phi) is 3.92. The van der Waals surface area contributed by atoms with Gasteiger partial charge in [0.05, 0.1) is 11.3 Å². The SMILES string of the molecule is CCSc1nnc2c(n1)O[C@@]1(Nc3ccccc3-2)C(=O)Nc2ccc(Cl)cc21. The van der Waals surface area contributed by atoms with Crippen LogP contribution in [0.1, 0.15) is 12.5 Å². The Labute approximate surface area is 169 Å². The maximum atomic E-state index is 13.1. The summed E-state index contributed by atoms with van der Waals surface area (Å²) < 4.78 is 6.26. The summed E-state index contributed by atoms with van der Waals surface area (Å²) in [6, 6.07) is 12.7. The van der Waals surface area contributed by atoms with E-state index in [1.807, 2.05) is 31.2 Å². The van der Waals surface area contributed by atoms with Crippen molar-refractivity contribution in [1.82, 2.24) is 15.2 Å². The van der Waals surface area contributed by atoms with E-state index in [0.717, 1.165) is 11.3 Å². The number of halogens is 1. The molecule has 2 aliphatic rings. The minimum atomic E-state index is -1.51. The first-order valence-electron chi connectivity index (χ1n) is 8.66. The molecule has 2 N–H and O–H groups in total. The Morgan fingerprint density at radius 2 is 2.04 bits per heavy atom. The lowest BCUT2D eigenvalue weighted by atomic mass is 10.0. The fourth-order valence-corrected chi connectivity index (χ4v) is 4.04. The van der Waals surface area contributed by atoms with E-state index in [2.05, 4.69) is 25.8 Å². The Balaban J connectivity index is 1.77. The molecule has 28 heavy (non-hydrogen) atoms. The van der Waals surface area contributed by atoms with Gasteiger partial charge >= 0.3 is 0 Å².